The highest BCUT2D eigenvalue weighted by Gasteiger charge is 2.03. The molecule has 0 aliphatic heterocycles. The molecule has 0 heterocycles. The van der Waals surface area contributed by atoms with Crippen LogP contribution in [-0.4, -0.2) is 5.91 Å². The number of amides is 1. The minimum absolute atomic E-state index is 0.364. The van der Waals surface area contributed by atoms with E-state index in [2.05, 4.69) is 33.1 Å². The lowest BCUT2D eigenvalue weighted by Gasteiger charge is -2.03. The summed E-state index contributed by atoms with van der Waals surface area (Å²) in [5, 5.41) is 2.51. The van der Waals surface area contributed by atoms with E-state index in [4.69, 9.17) is 0 Å². The van der Waals surface area contributed by atoms with Crippen LogP contribution >= 0.6 is 15.9 Å². The highest BCUT2D eigenvalue weighted by Crippen LogP contribution is 2.22. The van der Waals surface area contributed by atoms with Gasteiger partial charge in [-0.2, -0.15) is 0 Å². The molecule has 1 aromatic rings. The van der Waals surface area contributed by atoms with Crippen LogP contribution in [0.15, 0.2) is 22.7 Å². The van der Waals surface area contributed by atoms with E-state index in [9.17, 15) is 9.18 Å². The molecule has 0 aliphatic rings. The molecule has 72 valence electrons. The zero-order valence-corrected chi connectivity index (χ0v) is 8.98. The molecule has 0 radical (unpaired) electrons. The third-order valence-corrected chi connectivity index (χ3v) is 2.07. The Hall–Kier alpha value is -1.34. The van der Waals surface area contributed by atoms with Crippen LogP contribution in [0.25, 0.3) is 0 Å². The number of hydrogen-bond donors (Lipinski definition) is 1. The van der Waals surface area contributed by atoms with Gasteiger partial charge in [0.25, 0.3) is 5.91 Å². The average Bonchev–Trinajstić information content (AvgIpc) is 2.10. The summed E-state index contributed by atoms with van der Waals surface area (Å²) in [5.74, 6) is 4.01. The second-order valence-corrected chi connectivity index (χ2v) is 3.31. The first-order valence-corrected chi connectivity index (χ1v) is 4.61. The molecule has 0 aromatic heterocycles. The van der Waals surface area contributed by atoms with E-state index in [0.717, 1.165) is 0 Å². The molecule has 1 aromatic carbocycles. The molecule has 0 saturated heterocycles. The van der Waals surface area contributed by atoms with E-state index >= 15 is 0 Å². The van der Waals surface area contributed by atoms with Crippen molar-refractivity contribution >= 4 is 27.5 Å². The fourth-order valence-corrected chi connectivity index (χ4v) is 1.31. The molecule has 0 fully saturated rings. The Labute approximate surface area is 89.6 Å². The number of nitrogens with one attached hydrogen (secondary N) is 1. The van der Waals surface area contributed by atoms with Crippen molar-refractivity contribution in [3.8, 4) is 11.8 Å². The second kappa shape index (κ2) is 4.77. The van der Waals surface area contributed by atoms with Gasteiger partial charge in [0.05, 0.1) is 5.69 Å². The maximum absolute atomic E-state index is 12.7. The minimum Gasteiger partial charge on any atom is -0.314 e. The predicted octanol–water partition coefficient (Wildman–Crippen LogP) is 2.55. The number of anilines is 1. The van der Waals surface area contributed by atoms with Crippen LogP contribution in [0.3, 0.4) is 0 Å². The van der Waals surface area contributed by atoms with E-state index in [-0.39, 0.29) is 5.82 Å². The van der Waals surface area contributed by atoms with Crippen LogP contribution in [0.2, 0.25) is 0 Å². The van der Waals surface area contributed by atoms with E-state index in [1.165, 1.54) is 18.2 Å². The standard InChI is InChI=1S/C10H7BrFNO/c1-2-3-10(14)13-9-5-4-7(12)6-8(9)11/h4-6H,1H3,(H,13,14). The van der Waals surface area contributed by atoms with Gasteiger partial charge in [0, 0.05) is 4.47 Å². The van der Waals surface area contributed by atoms with Crippen molar-refractivity contribution in [2.24, 2.45) is 0 Å². The summed E-state index contributed by atoms with van der Waals surface area (Å²) in [7, 11) is 0. The number of benzene rings is 1. The summed E-state index contributed by atoms with van der Waals surface area (Å²) in [6, 6.07) is 4.00. The molecule has 0 atom stereocenters. The maximum atomic E-state index is 12.7. The van der Waals surface area contributed by atoms with Gasteiger partial charge in [0.1, 0.15) is 5.82 Å². The smallest absolute Gasteiger partial charge is 0.300 e. The molecule has 0 spiro atoms. The Kier molecular flexibility index (Phi) is 3.66. The Bertz CT molecular complexity index is 420. The normalized spacial score (nSPS) is 8.79. The number of halogens is 2. The van der Waals surface area contributed by atoms with Gasteiger partial charge < -0.3 is 5.32 Å². The zero-order chi connectivity index (χ0) is 10.6. The predicted molar refractivity (Wildman–Crippen MR) is 56.2 cm³/mol. The molecule has 1 N–H and O–H groups in total. The fraction of sp³-hybridized carbons (Fsp3) is 0.100. The zero-order valence-electron chi connectivity index (χ0n) is 7.40. The topological polar surface area (TPSA) is 29.1 Å². The molecule has 0 aliphatic carbocycles. The number of carbonyl (C=O) groups excluding carboxylic acids is 1. The first-order chi connectivity index (χ1) is 6.63. The first kappa shape index (κ1) is 10.7. The van der Waals surface area contributed by atoms with Crippen LogP contribution < -0.4 is 5.32 Å². The number of carbonyl (C=O) groups is 1. The monoisotopic (exact) mass is 255 g/mol. The van der Waals surface area contributed by atoms with Crippen molar-refractivity contribution in [3.05, 3.63) is 28.5 Å². The van der Waals surface area contributed by atoms with Gasteiger partial charge in [-0.05, 0) is 47.0 Å². The molecule has 1 rings (SSSR count). The lowest BCUT2D eigenvalue weighted by Crippen LogP contribution is -2.08. The quantitative estimate of drug-likeness (QED) is 0.768. The van der Waals surface area contributed by atoms with Gasteiger partial charge in [-0.1, -0.05) is 5.92 Å². The summed E-state index contributed by atoms with van der Waals surface area (Å²) in [6.45, 7) is 1.57. The Morgan fingerprint density at radius 1 is 1.57 bits per heavy atom. The van der Waals surface area contributed by atoms with Crippen molar-refractivity contribution in [3.63, 3.8) is 0 Å². The number of rotatable bonds is 1. The molecule has 0 bridgehead atoms. The lowest BCUT2D eigenvalue weighted by molar-refractivity contribution is -0.111. The van der Waals surface area contributed by atoms with Gasteiger partial charge >= 0.3 is 0 Å². The fourth-order valence-electron chi connectivity index (χ4n) is 0.858. The summed E-state index contributed by atoms with van der Waals surface area (Å²) in [4.78, 5) is 11.1. The van der Waals surface area contributed by atoms with Crippen molar-refractivity contribution < 1.29 is 9.18 Å². The third kappa shape index (κ3) is 2.86. The van der Waals surface area contributed by atoms with Crippen molar-refractivity contribution in [1.82, 2.24) is 0 Å². The minimum atomic E-state index is -0.417. The SMILES string of the molecule is CC#CC(=O)Nc1ccc(F)cc1Br. The lowest BCUT2D eigenvalue weighted by atomic mass is 10.3. The molecular formula is C10H7BrFNO. The number of hydrogen-bond acceptors (Lipinski definition) is 1. The van der Waals surface area contributed by atoms with E-state index in [0.29, 0.717) is 10.2 Å². The van der Waals surface area contributed by atoms with Crippen molar-refractivity contribution in [1.29, 1.82) is 0 Å². The van der Waals surface area contributed by atoms with Gasteiger partial charge in [-0.3, -0.25) is 4.79 Å². The van der Waals surface area contributed by atoms with Gasteiger partial charge in [-0.25, -0.2) is 4.39 Å². The van der Waals surface area contributed by atoms with E-state index < -0.39 is 5.91 Å². The van der Waals surface area contributed by atoms with Crippen LogP contribution in [0.1, 0.15) is 6.92 Å². The highest BCUT2D eigenvalue weighted by molar-refractivity contribution is 9.10. The molecule has 0 unspecified atom stereocenters. The van der Waals surface area contributed by atoms with Crippen LogP contribution in [0.5, 0.6) is 0 Å². The Morgan fingerprint density at radius 3 is 2.86 bits per heavy atom. The molecule has 2 nitrogen and oxygen atoms in total. The first-order valence-electron chi connectivity index (χ1n) is 3.82. The van der Waals surface area contributed by atoms with Crippen LogP contribution in [0.4, 0.5) is 10.1 Å². The van der Waals surface area contributed by atoms with E-state index in [1.807, 2.05) is 0 Å². The van der Waals surface area contributed by atoms with Crippen LogP contribution in [0, 0.1) is 17.7 Å². The van der Waals surface area contributed by atoms with Gasteiger partial charge in [-0.15, -0.1) is 0 Å². The third-order valence-electron chi connectivity index (χ3n) is 1.42. The molecule has 1 amide bonds. The second-order valence-electron chi connectivity index (χ2n) is 2.45. The summed E-state index contributed by atoms with van der Waals surface area (Å²) < 4.78 is 13.2. The summed E-state index contributed by atoms with van der Waals surface area (Å²) >= 11 is 3.12. The molecular weight excluding hydrogens is 249 g/mol. The highest BCUT2D eigenvalue weighted by atomic mass is 79.9. The van der Waals surface area contributed by atoms with E-state index in [1.54, 1.807) is 6.92 Å². The van der Waals surface area contributed by atoms with Crippen molar-refractivity contribution in [2.45, 2.75) is 6.92 Å². The molecule has 4 heteroatoms. The van der Waals surface area contributed by atoms with Gasteiger partial charge in [0.15, 0.2) is 0 Å². The largest absolute Gasteiger partial charge is 0.314 e. The van der Waals surface area contributed by atoms with Crippen LogP contribution in [-0.2, 0) is 4.79 Å². The molecule has 0 saturated carbocycles. The summed E-state index contributed by atoms with van der Waals surface area (Å²) in [6.07, 6.45) is 0. The Balaban J connectivity index is 2.85. The average molecular weight is 256 g/mol. The van der Waals surface area contributed by atoms with Gasteiger partial charge in [0.2, 0.25) is 0 Å². The Morgan fingerprint density at radius 2 is 2.29 bits per heavy atom. The van der Waals surface area contributed by atoms with Crippen molar-refractivity contribution in [2.75, 3.05) is 5.32 Å². The molecule has 14 heavy (non-hydrogen) atoms. The maximum Gasteiger partial charge on any atom is 0.300 e. The summed E-state index contributed by atoms with van der Waals surface area (Å²) in [5.41, 5.74) is 0.499.